The van der Waals surface area contributed by atoms with E-state index >= 15 is 0 Å². The number of thioether (sulfide) groups is 1. The van der Waals surface area contributed by atoms with Gasteiger partial charge in [0, 0.05) is 0 Å². The molecular weight excluding hydrogens is 120 g/mol. The molecule has 1 unspecified atom stereocenters. The van der Waals surface area contributed by atoms with Crippen LogP contribution in [0.15, 0.2) is 0 Å². The van der Waals surface area contributed by atoms with Crippen LogP contribution in [-0.2, 0) is 0 Å². The van der Waals surface area contributed by atoms with E-state index in [0.29, 0.717) is 6.42 Å². The van der Waals surface area contributed by atoms with Crippen LogP contribution in [0.4, 0.5) is 0 Å². The Balaban J connectivity index is 2.86. The molecule has 0 amide bonds. The third kappa shape index (κ3) is 4.47. The molecule has 0 aliphatic carbocycles. The molecule has 0 aromatic carbocycles. The summed E-state index contributed by atoms with van der Waals surface area (Å²) in [5.41, 5.74) is 0. The van der Waals surface area contributed by atoms with Gasteiger partial charge in [0.1, 0.15) is 0 Å². The molecule has 0 bridgehead atoms. The lowest BCUT2D eigenvalue weighted by Gasteiger charge is -2.03. The second-order valence-corrected chi connectivity index (χ2v) is 2.71. The van der Waals surface area contributed by atoms with Crippen molar-refractivity contribution >= 4 is 11.8 Å². The SMILES string of the molecule is [CH2]CC(O)CCSC. The fourth-order valence-corrected chi connectivity index (χ4v) is 0.906. The summed E-state index contributed by atoms with van der Waals surface area (Å²) in [4.78, 5) is 0. The minimum Gasteiger partial charge on any atom is -0.393 e. The lowest BCUT2D eigenvalue weighted by atomic mass is 10.2. The van der Waals surface area contributed by atoms with E-state index in [2.05, 4.69) is 6.92 Å². The van der Waals surface area contributed by atoms with Crippen molar-refractivity contribution in [3.8, 4) is 0 Å². The molecule has 2 heteroatoms. The molecule has 0 fully saturated rings. The van der Waals surface area contributed by atoms with Gasteiger partial charge in [-0.1, -0.05) is 6.92 Å². The predicted octanol–water partition coefficient (Wildman–Crippen LogP) is 1.32. The highest BCUT2D eigenvalue weighted by atomic mass is 32.2. The first-order chi connectivity index (χ1) is 3.81. The molecule has 0 heterocycles. The van der Waals surface area contributed by atoms with Gasteiger partial charge in [0.2, 0.25) is 0 Å². The molecule has 0 aromatic rings. The van der Waals surface area contributed by atoms with Crippen molar-refractivity contribution in [2.75, 3.05) is 12.0 Å². The number of rotatable bonds is 4. The van der Waals surface area contributed by atoms with E-state index in [-0.39, 0.29) is 6.10 Å². The molecule has 0 aliphatic heterocycles. The van der Waals surface area contributed by atoms with Crippen LogP contribution in [0.5, 0.6) is 0 Å². The molecule has 1 radical (unpaired) electrons. The molecule has 1 atom stereocenters. The average molecular weight is 133 g/mol. The topological polar surface area (TPSA) is 20.2 Å². The lowest BCUT2D eigenvalue weighted by molar-refractivity contribution is 0.174. The van der Waals surface area contributed by atoms with Crippen LogP contribution in [0, 0.1) is 6.92 Å². The normalized spacial score (nSPS) is 13.9. The Hall–Kier alpha value is 0.310. The van der Waals surface area contributed by atoms with E-state index in [1.807, 2.05) is 6.26 Å². The standard InChI is InChI=1S/C6H13OS/c1-3-6(7)4-5-8-2/h6-7H,1,3-5H2,2H3. The average Bonchev–Trinajstić information content (AvgIpc) is 1.83. The van der Waals surface area contributed by atoms with Crippen LogP contribution in [0.1, 0.15) is 12.8 Å². The van der Waals surface area contributed by atoms with E-state index in [0.717, 1.165) is 12.2 Å². The molecule has 0 aliphatic rings. The van der Waals surface area contributed by atoms with E-state index in [1.54, 1.807) is 11.8 Å². The maximum atomic E-state index is 8.91. The summed E-state index contributed by atoms with van der Waals surface area (Å²) in [6, 6.07) is 0. The summed E-state index contributed by atoms with van der Waals surface area (Å²) in [5, 5.41) is 8.91. The number of hydrogen-bond donors (Lipinski definition) is 1. The molecular formula is C6H13OS. The number of aliphatic hydroxyl groups excluding tert-OH is 1. The van der Waals surface area contributed by atoms with Crippen molar-refractivity contribution in [1.82, 2.24) is 0 Å². The third-order valence-electron chi connectivity index (χ3n) is 0.988. The smallest absolute Gasteiger partial charge is 0.0548 e. The van der Waals surface area contributed by atoms with Crippen molar-refractivity contribution in [2.24, 2.45) is 0 Å². The lowest BCUT2D eigenvalue weighted by Crippen LogP contribution is -2.04. The molecule has 0 saturated heterocycles. The zero-order chi connectivity index (χ0) is 6.41. The second kappa shape index (κ2) is 5.45. The van der Waals surface area contributed by atoms with Gasteiger partial charge in [-0.2, -0.15) is 11.8 Å². The first-order valence-corrected chi connectivity index (χ1v) is 4.17. The van der Waals surface area contributed by atoms with Gasteiger partial charge in [0.15, 0.2) is 0 Å². The van der Waals surface area contributed by atoms with Gasteiger partial charge < -0.3 is 5.11 Å². The fraction of sp³-hybridized carbons (Fsp3) is 0.833. The summed E-state index contributed by atoms with van der Waals surface area (Å²) < 4.78 is 0. The predicted molar refractivity (Wildman–Crippen MR) is 39.0 cm³/mol. The van der Waals surface area contributed by atoms with E-state index in [9.17, 15) is 0 Å². The third-order valence-corrected chi connectivity index (χ3v) is 1.63. The van der Waals surface area contributed by atoms with Crippen LogP contribution in [-0.4, -0.2) is 23.2 Å². The van der Waals surface area contributed by atoms with Gasteiger partial charge in [-0.05, 0) is 24.9 Å². The Morgan fingerprint density at radius 3 is 2.75 bits per heavy atom. The molecule has 1 nitrogen and oxygen atoms in total. The van der Waals surface area contributed by atoms with E-state index < -0.39 is 0 Å². The van der Waals surface area contributed by atoms with Crippen LogP contribution < -0.4 is 0 Å². The van der Waals surface area contributed by atoms with Crippen molar-refractivity contribution in [3.63, 3.8) is 0 Å². The molecule has 49 valence electrons. The molecule has 0 spiro atoms. The minimum absolute atomic E-state index is 0.178. The molecule has 0 rings (SSSR count). The maximum Gasteiger partial charge on any atom is 0.0548 e. The molecule has 0 aromatic heterocycles. The summed E-state index contributed by atoms with van der Waals surface area (Å²) in [7, 11) is 0. The van der Waals surface area contributed by atoms with Crippen molar-refractivity contribution in [3.05, 3.63) is 6.92 Å². The van der Waals surface area contributed by atoms with Crippen LogP contribution in [0.25, 0.3) is 0 Å². The van der Waals surface area contributed by atoms with Gasteiger partial charge in [0.05, 0.1) is 6.10 Å². The van der Waals surface area contributed by atoms with Crippen molar-refractivity contribution < 1.29 is 5.11 Å². The zero-order valence-corrected chi connectivity index (χ0v) is 6.08. The molecule has 0 saturated carbocycles. The maximum absolute atomic E-state index is 8.91. The zero-order valence-electron chi connectivity index (χ0n) is 5.26. The van der Waals surface area contributed by atoms with E-state index in [1.165, 1.54) is 0 Å². The number of hydrogen-bond acceptors (Lipinski definition) is 2. The molecule has 8 heavy (non-hydrogen) atoms. The highest BCUT2D eigenvalue weighted by Gasteiger charge is 1.96. The number of aliphatic hydroxyl groups is 1. The van der Waals surface area contributed by atoms with Gasteiger partial charge in [-0.25, -0.2) is 0 Å². The van der Waals surface area contributed by atoms with Crippen LogP contribution in [0.3, 0.4) is 0 Å². The van der Waals surface area contributed by atoms with Crippen LogP contribution in [0.2, 0.25) is 0 Å². The van der Waals surface area contributed by atoms with Crippen LogP contribution >= 0.6 is 11.8 Å². The second-order valence-electron chi connectivity index (χ2n) is 1.72. The Morgan fingerprint density at radius 2 is 2.38 bits per heavy atom. The monoisotopic (exact) mass is 133 g/mol. The van der Waals surface area contributed by atoms with Crippen molar-refractivity contribution in [2.45, 2.75) is 18.9 Å². The summed E-state index contributed by atoms with van der Waals surface area (Å²) >= 11 is 1.76. The summed E-state index contributed by atoms with van der Waals surface area (Å²) in [6.45, 7) is 3.58. The Labute approximate surface area is 55.5 Å². The minimum atomic E-state index is -0.178. The van der Waals surface area contributed by atoms with Gasteiger partial charge >= 0.3 is 0 Å². The Morgan fingerprint density at radius 1 is 1.75 bits per heavy atom. The van der Waals surface area contributed by atoms with E-state index in [4.69, 9.17) is 5.11 Å². The summed E-state index contributed by atoms with van der Waals surface area (Å²) in [6.07, 6.45) is 3.38. The van der Waals surface area contributed by atoms with Gasteiger partial charge in [-0.3, -0.25) is 0 Å². The van der Waals surface area contributed by atoms with Gasteiger partial charge in [0.25, 0.3) is 0 Å². The first-order valence-electron chi connectivity index (χ1n) is 2.77. The Bertz CT molecular complexity index is 47.8. The van der Waals surface area contributed by atoms with Crippen molar-refractivity contribution in [1.29, 1.82) is 0 Å². The highest BCUT2D eigenvalue weighted by molar-refractivity contribution is 7.98. The first kappa shape index (κ1) is 8.31. The fourth-order valence-electron chi connectivity index (χ4n) is 0.398. The Kier molecular flexibility index (Phi) is 5.66. The quantitative estimate of drug-likeness (QED) is 0.624. The highest BCUT2D eigenvalue weighted by Crippen LogP contribution is 2.01. The summed E-state index contributed by atoms with van der Waals surface area (Å²) in [5.74, 6) is 1.04. The largest absolute Gasteiger partial charge is 0.393 e. The molecule has 1 N–H and O–H groups in total. The van der Waals surface area contributed by atoms with Gasteiger partial charge in [-0.15, -0.1) is 0 Å².